The molecule has 0 fully saturated rings. The summed E-state index contributed by atoms with van der Waals surface area (Å²) < 4.78 is 33.8. The third-order valence-corrected chi connectivity index (χ3v) is 2.53. The lowest BCUT2D eigenvalue weighted by Gasteiger charge is -2.03. The first kappa shape index (κ1) is 14.0. The van der Waals surface area contributed by atoms with E-state index in [2.05, 4.69) is 9.73 Å². The van der Waals surface area contributed by atoms with Crippen molar-refractivity contribution in [3.63, 3.8) is 0 Å². The van der Waals surface area contributed by atoms with Gasteiger partial charge >= 0.3 is 5.97 Å². The van der Waals surface area contributed by atoms with E-state index in [4.69, 9.17) is 4.55 Å². The van der Waals surface area contributed by atoms with E-state index in [9.17, 15) is 18.0 Å². The molecular weight excluding hydrogens is 262 g/mol. The zero-order chi connectivity index (χ0) is 13.6. The molecule has 0 aliphatic heterocycles. The monoisotopic (exact) mass is 271 g/mol. The molecule has 96 valence electrons. The van der Waals surface area contributed by atoms with Gasteiger partial charge in [0.1, 0.15) is 12.4 Å². The third kappa shape index (κ3) is 4.88. The Kier molecular flexibility index (Phi) is 4.73. The Morgan fingerprint density at radius 2 is 1.94 bits per heavy atom. The van der Waals surface area contributed by atoms with Crippen molar-refractivity contribution in [3.05, 3.63) is 29.8 Å². The minimum atomic E-state index is -4.15. The van der Waals surface area contributed by atoms with Gasteiger partial charge in [0.05, 0.1) is 11.3 Å². The smallest absolute Gasteiger partial charge is 0.338 e. The molecule has 0 atom stereocenters. The van der Waals surface area contributed by atoms with Crippen LogP contribution < -0.4 is 0 Å². The van der Waals surface area contributed by atoms with Crippen LogP contribution in [0.1, 0.15) is 10.4 Å². The molecule has 0 aliphatic rings. The maximum Gasteiger partial charge on any atom is 0.338 e. The number of carbonyl (C=O) groups excluding carboxylic acids is 2. The number of esters is 1. The third-order valence-electron chi connectivity index (χ3n) is 1.85. The van der Waals surface area contributed by atoms with Gasteiger partial charge in [-0.2, -0.15) is 13.4 Å². The Labute approximate surface area is 103 Å². The molecule has 1 aromatic carbocycles. The van der Waals surface area contributed by atoms with E-state index in [0.29, 0.717) is 5.69 Å². The molecule has 0 saturated carbocycles. The van der Waals surface area contributed by atoms with Gasteiger partial charge in [-0.25, -0.2) is 9.59 Å². The molecule has 0 bridgehead atoms. The van der Waals surface area contributed by atoms with E-state index in [1.54, 1.807) is 0 Å². The quantitative estimate of drug-likeness (QED) is 0.365. The highest BCUT2D eigenvalue weighted by atomic mass is 32.2. The summed E-state index contributed by atoms with van der Waals surface area (Å²) in [6.07, 6.45) is 1.35. The SMILES string of the molecule is O=C=Nc1ccc(C(=O)OCCS(=O)(=O)O)cc1. The van der Waals surface area contributed by atoms with Gasteiger partial charge in [-0.15, -0.1) is 0 Å². The average molecular weight is 271 g/mol. The fourth-order valence-electron chi connectivity index (χ4n) is 1.05. The van der Waals surface area contributed by atoms with Crippen LogP contribution in [0, 0.1) is 0 Å². The summed E-state index contributed by atoms with van der Waals surface area (Å²) >= 11 is 0. The number of ether oxygens (including phenoxy) is 1. The molecule has 1 N–H and O–H groups in total. The molecule has 18 heavy (non-hydrogen) atoms. The van der Waals surface area contributed by atoms with Gasteiger partial charge in [-0.3, -0.25) is 4.55 Å². The number of benzene rings is 1. The second kappa shape index (κ2) is 6.06. The summed E-state index contributed by atoms with van der Waals surface area (Å²) in [5, 5.41) is 0. The van der Waals surface area contributed by atoms with E-state index in [1.807, 2.05) is 0 Å². The highest BCUT2D eigenvalue weighted by Crippen LogP contribution is 2.12. The van der Waals surface area contributed by atoms with Gasteiger partial charge in [0.2, 0.25) is 6.08 Å². The Morgan fingerprint density at radius 1 is 1.33 bits per heavy atom. The van der Waals surface area contributed by atoms with Gasteiger partial charge < -0.3 is 4.74 Å². The maximum absolute atomic E-state index is 11.4. The molecule has 1 aromatic rings. The van der Waals surface area contributed by atoms with Crippen molar-refractivity contribution in [3.8, 4) is 0 Å². The summed E-state index contributed by atoms with van der Waals surface area (Å²) in [6.45, 7) is -0.439. The molecule has 0 heterocycles. The van der Waals surface area contributed by atoms with Crippen LogP contribution in [0.15, 0.2) is 29.3 Å². The number of isocyanates is 1. The van der Waals surface area contributed by atoms with Crippen molar-refractivity contribution in [1.29, 1.82) is 0 Å². The Hall–Kier alpha value is -2.02. The summed E-state index contributed by atoms with van der Waals surface area (Å²) in [5.41, 5.74) is 0.509. The van der Waals surface area contributed by atoms with Crippen molar-refractivity contribution in [2.45, 2.75) is 0 Å². The highest BCUT2D eigenvalue weighted by molar-refractivity contribution is 7.85. The predicted octanol–water partition coefficient (Wildman–Crippen LogP) is 0.699. The van der Waals surface area contributed by atoms with Crippen LogP contribution in [0.4, 0.5) is 5.69 Å². The fourth-order valence-corrected chi connectivity index (χ4v) is 1.34. The van der Waals surface area contributed by atoms with Crippen LogP contribution in [0.5, 0.6) is 0 Å². The van der Waals surface area contributed by atoms with Crippen molar-refractivity contribution in [1.82, 2.24) is 0 Å². The van der Waals surface area contributed by atoms with Crippen LogP contribution in [0.3, 0.4) is 0 Å². The minimum absolute atomic E-state index is 0.176. The Bertz CT molecular complexity index is 571. The lowest BCUT2D eigenvalue weighted by atomic mass is 10.2. The van der Waals surface area contributed by atoms with E-state index < -0.39 is 28.4 Å². The standard InChI is InChI=1S/C10H9NO6S/c12-7-11-9-3-1-8(2-4-9)10(13)17-5-6-18(14,15)16/h1-4H,5-6H2,(H,14,15,16). The summed E-state index contributed by atoms with van der Waals surface area (Å²) in [7, 11) is -4.15. The largest absolute Gasteiger partial charge is 0.461 e. The Balaban J connectivity index is 2.59. The van der Waals surface area contributed by atoms with Crippen LogP contribution in [0.2, 0.25) is 0 Å². The van der Waals surface area contributed by atoms with Crippen molar-refractivity contribution in [2.75, 3.05) is 12.4 Å². The number of hydrogen-bond acceptors (Lipinski definition) is 6. The van der Waals surface area contributed by atoms with Gasteiger partial charge in [-0.1, -0.05) is 0 Å². The van der Waals surface area contributed by atoms with Gasteiger partial charge in [0.25, 0.3) is 10.1 Å². The van der Waals surface area contributed by atoms with Gasteiger partial charge in [-0.05, 0) is 24.3 Å². The first-order chi connectivity index (χ1) is 8.42. The summed E-state index contributed by atoms with van der Waals surface area (Å²) in [6, 6.07) is 5.55. The van der Waals surface area contributed by atoms with E-state index in [1.165, 1.54) is 30.3 Å². The Morgan fingerprint density at radius 3 is 2.44 bits per heavy atom. The fraction of sp³-hybridized carbons (Fsp3) is 0.200. The molecular formula is C10H9NO6S. The summed E-state index contributed by atoms with van der Waals surface area (Å²) in [5.74, 6) is -1.40. The average Bonchev–Trinajstić information content (AvgIpc) is 2.28. The van der Waals surface area contributed by atoms with Crippen LogP contribution >= 0.6 is 0 Å². The first-order valence-corrected chi connectivity index (χ1v) is 6.33. The van der Waals surface area contributed by atoms with Crippen LogP contribution in [0.25, 0.3) is 0 Å². The number of aliphatic imine (C=N–C) groups is 1. The molecule has 8 heteroatoms. The molecule has 0 unspecified atom stereocenters. The number of nitrogens with zero attached hydrogens (tertiary/aromatic N) is 1. The van der Waals surface area contributed by atoms with Crippen molar-refractivity contribution < 1.29 is 27.3 Å². The molecule has 0 aliphatic carbocycles. The predicted molar refractivity (Wildman–Crippen MR) is 60.9 cm³/mol. The second-order valence-corrected chi connectivity index (χ2v) is 4.74. The number of carbonyl (C=O) groups is 1. The normalized spacial score (nSPS) is 10.5. The van der Waals surface area contributed by atoms with Crippen LogP contribution in [-0.2, 0) is 19.6 Å². The molecule has 0 radical (unpaired) electrons. The van der Waals surface area contributed by atoms with E-state index in [-0.39, 0.29) is 5.56 Å². The minimum Gasteiger partial charge on any atom is -0.461 e. The van der Waals surface area contributed by atoms with E-state index in [0.717, 1.165) is 0 Å². The number of hydrogen-bond donors (Lipinski definition) is 1. The topological polar surface area (TPSA) is 110 Å². The molecule has 0 spiro atoms. The van der Waals surface area contributed by atoms with Gasteiger partial charge in [0, 0.05) is 0 Å². The summed E-state index contributed by atoms with van der Waals surface area (Å²) in [4.78, 5) is 24.7. The zero-order valence-corrected chi connectivity index (χ0v) is 9.88. The molecule has 7 nitrogen and oxygen atoms in total. The van der Waals surface area contributed by atoms with Gasteiger partial charge in [0.15, 0.2) is 0 Å². The molecule has 1 rings (SSSR count). The zero-order valence-electron chi connectivity index (χ0n) is 9.07. The first-order valence-electron chi connectivity index (χ1n) is 4.72. The lowest BCUT2D eigenvalue weighted by molar-refractivity contribution is 0.0528. The second-order valence-electron chi connectivity index (χ2n) is 3.17. The molecule has 0 aromatic heterocycles. The number of rotatable bonds is 5. The molecule has 0 saturated heterocycles. The lowest BCUT2D eigenvalue weighted by Crippen LogP contribution is -2.14. The highest BCUT2D eigenvalue weighted by Gasteiger charge is 2.10. The van der Waals surface area contributed by atoms with Crippen molar-refractivity contribution >= 4 is 27.9 Å². The van der Waals surface area contributed by atoms with E-state index >= 15 is 0 Å². The maximum atomic E-state index is 11.4. The van der Waals surface area contributed by atoms with Crippen molar-refractivity contribution in [2.24, 2.45) is 4.99 Å². The molecule has 0 amide bonds. The van der Waals surface area contributed by atoms with Crippen LogP contribution in [-0.4, -0.2) is 37.4 Å².